The second-order valence-electron chi connectivity index (χ2n) is 3.65. The summed E-state index contributed by atoms with van der Waals surface area (Å²) in [5.74, 6) is -1.23. The van der Waals surface area contributed by atoms with Gasteiger partial charge in [0.2, 0.25) is 5.91 Å². The number of aliphatic hydroxyl groups is 1. The van der Waals surface area contributed by atoms with Crippen molar-refractivity contribution in [3.63, 3.8) is 0 Å². The molecule has 0 aromatic heterocycles. The van der Waals surface area contributed by atoms with E-state index in [0.29, 0.717) is 0 Å². The minimum Gasteiger partial charge on any atom is -0.480 e. The van der Waals surface area contributed by atoms with Crippen LogP contribution in [0.25, 0.3) is 0 Å². The zero-order valence-electron chi connectivity index (χ0n) is 9.37. The summed E-state index contributed by atoms with van der Waals surface area (Å²) in [6.45, 7) is 1.28. The third kappa shape index (κ3) is 4.62. The van der Waals surface area contributed by atoms with E-state index >= 15 is 0 Å². The van der Waals surface area contributed by atoms with Gasteiger partial charge < -0.3 is 15.5 Å². The van der Waals surface area contributed by atoms with E-state index in [1.54, 1.807) is 18.2 Å². The third-order valence-electron chi connectivity index (χ3n) is 2.19. The first-order valence-corrected chi connectivity index (χ1v) is 6.20. The summed E-state index contributed by atoms with van der Waals surface area (Å²) in [4.78, 5) is 21.7. The van der Waals surface area contributed by atoms with Gasteiger partial charge in [-0.05, 0) is 0 Å². The number of carboxylic acids is 1. The van der Waals surface area contributed by atoms with Crippen LogP contribution in [0.1, 0.15) is 6.92 Å². The van der Waals surface area contributed by atoms with E-state index in [-0.39, 0.29) is 16.9 Å². The molecule has 0 aromatic carbocycles. The molecule has 0 saturated carbocycles. The van der Waals surface area contributed by atoms with Gasteiger partial charge in [-0.15, -0.1) is 11.8 Å². The lowest BCUT2D eigenvalue weighted by molar-refractivity contribution is -0.140. The molecule has 0 spiro atoms. The third-order valence-corrected chi connectivity index (χ3v) is 3.53. The summed E-state index contributed by atoms with van der Waals surface area (Å²) >= 11 is 1.30. The van der Waals surface area contributed by atoms with Crippen molar-refractivity contribution in [2.75, 3.05) is 5.75 Å². The highest BCUT2D eigenvalue weighted by atomic mass is 32.2. The van der Waals surface area contributed by atoms with Crippen LogP contribution in [-0.4, -0.2) is 45.2 Å². The number of carbonyl (C=O) groups is 2. The van der Waals surface area contributed by atoms with Gasteiger partial charge in [0.05, 0.1) is 11.4 Å². The topological polar surface area (TPSA) is 86.6 Å². The molecule has 94 valence electrons. The first kappa shape index (κ1) is 13.8. The van der Waals surface area contributed by atoms with Crippen LogP contribution in [0.5, 0.6) is 0 Å². The van der Waals surface area contributed by atoms with Crippen LogP contribution in [0, 0.1) is 0 Å². The van der Waals surface area contributed by atoms with Crippen molar-refractivity contribution >= 4 is 23.6 Å². The Balaban J connectivity index is 2.46. The van der Waals surface area contributed by atoms with Crippen LogP contribution in [0.4, 0.5) is 0 Å². The van der Waals surface area contributed by atoms with Crippen molar-refractivity contribution in [3.05, 3.63) is 24.3 Å². The number of carboxylic acid groups (broad SMARTS) is 1. The number of aliphatic carboxylic acids is 1. The first-order valence-electron chi connectivity index (χ1n) is 5.15. The van der Waals surface area contributed by atoms with E-state index in [1.807, 2.05) is 6.08 Å². The molecule has 2 unspecified atom stereocenters. The summed E-state index contributed by atoms with van der Waals surface area (Å²) in [6, 6.07) is -0.927. The van der Waals surface area contributed by atoms with Crippen LogP contribution in [0.15, 0.2) is 24.3 Å². The Bertz CT molecular complexity index is 353. The number of amides is 1. The van der Waals surface area contributed by atoms with Crippen molar-refractivity contribution < 1.29 is 19.8 Å². The Hall–Kier alpha value is -1.27. The van der Waals surface area contributed by atoms with Crippen molar-refractivity contribution in [2.24, 2.45) is 0 Å². The maximum Gasteiger partial charge on any atom is 0.327 e. The number of nitrogens with one attached hydrogen (secondary N) is 1. The van der Waals surface area contributed by atoms with Gasteiger partial charge in [-0.2, -0.15) is 0 Å². The highest BCUT2D eigenvalue weighted by molar-refractivity contribution is 8.00. The summed E-state index contributed by atoms with van der Waals surface area (Å²) in [5, 5.41) is 20.7. The molecule has 6 heteroatoms. The normalized spacial score (nSPS) is 24.4. The zero-order chi connectivity index (χ0) is 12.8. The first-order chi connectivity index (χ1) is 8.00. The van der Waals surface area contributed by atoms with Gasteiger partial charge in [0.25, 0.3) is 0 Å². The highest BCUT2D eigenvalue weighted by Gasteiger charge is 2.22. The molecule has 1 aliphatic carbocycles. The Morgan fingerprint density at radius 3 is 2.59 bits per heavy atom. The molecule has 1 aliphatic rings. The quantitative estimate of drug-likeness (QED) is 0.653. The van der Waals surface area contributed by atoms with E-state index in [2.05, 4.69) is 5.32 Å². The number of aliphatic hydroxyl groups excluding tert-OH is 1. The molecule has 0 aromatic rings. The van der Waals surface area contributed by atoms with E-state index in [1.165, 1.54) is 18.7 Å². The van der Waals surface area contributed by atoms with Crippen LogP contribution >= 0.6 is 11.8 Å². The Morgan fingerprint density at radius 2 is 2.06 bits per heavy atom. The fourth-order valence-corrected chi connectivity index (χ4v) is 2.49. The Labute approximate surface area is 104 Å². The molecule has 0 radical (unpaired) electrons. The van der Waals surface area contributed by atoms with Gasteiger partial charge in [-0.25, -0.2) is 4.79 Å². The largest absolute Gasteiger partial charge is 0.480 e. The van der Waals surface area contributed by atoms with Crippen molar-refractivity contribution in [1.29, 1.82) is 0 Å². The second-order valence-corrected chi connectivity index (χ2v) is 4.86. The predicted molar refractivity (Wildman–Crippen MR) is 65.8 cm³/mol. The average Bonchev–Trinajstić information content (AvgIpc) is 2.25. The van der Waals surface area contributed by atoms with Gasteiger partial charge in [0, 0.05) is 12.7 Å². The maximum absolute atomic E-state index is 10.9. The Kier molecular flexibility index (Phi) is 5.24. The molecule has 0 saturated heterocycles. The molecule has 1 amide bonds. The molecule has 0 bridgehead atoms. The molecule has 1 rings (SSSR count). The minimum atomic E-state index is -1.07. The highest BCUT2D eigenvalue weighted by Crippen LogP contribution is 2.21. The van der Waals surface area contributed by atoms with E-state index in [4.69, 9.17) is 5.11 Å². The molecular formula is C11H15NO4S. The van der Waals surface area contributed by atoms with Crippen molar-refractivity contribution in [2.45, 2.75) is 24.3 Å². The number of hydrogen-bond acceptors (Lipinski definition) is 4. The van der Waals surface area contributed by atoms with E-state index < -0.39 is 18.1 Å². The lowest BCUT2D eigenvalue weighted by Crippen LogP contribution is -2.42. The van der Waals surface area contributed by atoms with E-state index in [9.17, 15) is 14.7 Å². The number of thioether (sulfide) groups is 1. The molecule has 0 heterocycles. The SMILES string of the molecule is CC(=O)N[C@@H](CSC1C=CC=CC1O)C(=O)O. The lowest BCUT2D eigenvalue weighted by Gasteiger charge is -2.21. The molecule has 5 nitrogen and oxygen atoms in total. The van der Waals surface area contributed by atoms with Crippen LogP contribution in [0.2, 0.25) is 0 Å². The average molecular weight is 257 g/mol. The van der Waals surface area contributed by atoms with Crippen LogP contribution in [-0.2, 0) is 9.59 Å². The monoisotopic (exact) mass is 257 g/mol. The number of hydrogen-bond donors (Lipinski definition) is 3. The fourth-order valence-electron chi connectivity index (χ4n) is 1.36. The van der Waals surface area contributed by atoms with Gasteiger partial charge in [-0.3, -0.25) is 4.79 Å². The van der Waals surface area contributed by atoms with Crippen LogP contribution < -0.4 is 5.32 Å². The van der Waals surface area contributed by atoms with Gasteiger partial charge in [-0.1, -0.05) is 24.3 Å². The standard InChI is InChI=1S/C11H15NO4S/c1-7(13)12-8(11(15)16)6-17-10-5-3-2-4-9(10)14/h2-5,8-10,14H,6H2,1H3,(H,12,13)(H,15,16)/t8-,9?,10?/m0/s1. The van der Waals surface area contributed by atoms with E-state index in [0.717, 1.165) is 0 Å². The summed E-state index contributed by atoms with van der Waals surface area (Å²) in [5.41, 5.74) is 0. The lowest BCUT2D eigenvalue weighted by atomic mass is 10.1. The smallest absolute Gasteiger partial charge is 0.327 e. The van der Waals surface area contributed by atoms with Gasteiger partial charge >= 0.3 is 5.97 Å². The summed E-state index contributed by atoms with van der Waals surface area (Å²) in [7, 11) is 0. The Morgan fingerprint density at radius 1 is 1.41 bits per heavy atom. The van der Waals surface area contributed by atoms with Gasteiger partial charge in [0.1, 0.15) is 6.04 Å². The molecule has 0 aliphatic heterocycles. The minimum absolute atomic E-state index is 0.171. The van der Waals surface area contributed by atoms with Crippen molar-refractivity contribution in [3.8, 4) is 0 Å². The van der Waals surface area contributed by atoms with Crippen LogP contribution in [0.3, 0.4) is 0 Å². The second kappa shape index (κ2) is 6.46. The zero-order valence-corrected chi connectivity index (χ0v) is 10.2. The molecule has 0 fully saturated rings. The summed E-state index contributed by atoms with van der Waals surface area (Å²) in [6.07, 6.45) is 6.38. The number of rotatable bonds is 5. The molecule has 17 heavy (non-hydrogen) atoms. The van der Waals surface area contributed by atoms with Crippen molar-refractivity contribution in [1.82, 2.24) is 5.32 Å². The summed E-state index contributed by atoms with van der Waals surface area (Å²) < 4.78 is 0. The fraction of sp³-hybridized carbons (Fsp3) is 0.455. The number of carbonyl (C=O) groups excluding carboxylic acids is 1. The molecule has 3 atom stereocenters. The molecular weight excluding hydrogens is 242 g/mol. The maximum atomic E-state index is 10.9. The molecule has 3 N–H and O–H groups in total. The number of allylic oxidation sites excluding steroid dienone is 2. The predicted octanol–water partition coefficient (Wildman–Crippen LogP) is 0.164. The van der Waals surface area contributed by atoms with Gasteiger partial charge in [0.15, 0.2) is 0 Å².